The monoisotopic (exact) mass is 266 g/mol. The molecule has 0 saturated heterocycles. The zero-order valence-corrected chi connectivity index (χ0v) is 11.4. The molecule has 104 valence electrons. The van der Waals surface area contributed by atoms with Gasteiger partial charge in [0.25, 0.3) is 0 Å². The summed E-state index contributed by atoms with van der Waals surface area (Å²) in [5, 5.41) is 5.69. The molecular formula is C14H19FN2O2. The van der Waals surface area contributed by atoms with E-state index in [0.717, 1.165) is 0 Å². The highest BCUT2D eigenvalue weighted by molar-refractivity contribution is 5.75. The normalized spacial score (nSPS) is 18.2. The van der Waals surface area contributed by atoms with Crippen molar-refractivity contribution < 1.29 is 13.9 Å². The minimum Gasteiger partial charge on any atom is -0.493 e. The van der Waals surface area contributed by atoms with Gasteiger partial charge < -0.3 is 15.4 Å². The maximum Gasteiger partial charge on any atom is 0.315 e. The number of rotatable bonds is 1. The molecule has 0 spiro atoms. The standard InChI is InChI=1S/C14H19FN2O2/c1-14(2,3)17-13(18)16-11-6-7-19-12-5-4-9(15)8-10(11)12/h4-5,8,11H,6-7H2,1-3H3,(H2,16,17,18). The van der Waals surface area contributed by atoms with E-state index in [1.165, 1.54) is 12.1 Å². The number of hydrogen-bond donors (Lipinski definition) is 2. The molecule has 1 aromatic carbocycles. The largest absolute Gasteiger partial charge is 0.493 e. The van der Waals surface area contributed by atoms with Crippen LogP contribution in [0.25, 0.3) is 0 Å². The van der Waals surface area contributed by atoms with Crippen molar-refractivity contribution >= 4 is 6.03 Å². The Labute approximate surface area is 112 Å². The number of carbonyl (C=O) groups excluding carboxylic acids is 1. The predicted octanol–water partition coefficient (Wildman–Crippen LogP) is 2.75. The maximum atomic E-state index is 13.3. The molecule has 1 aromatic rings. The Bertz CT molecular complexity index is 483. The van der Waals surface area contributed by atoms with Crippen LogP contribution in [0.2, 0.25) is 0 Å². The van der Waals surface area contributed by atoms with Crippen molar-refractivity contribution in [2.75, 3.05) is 6.61 Å². The minimum absolute atomic E-state index is 0.221. The molecular weight excluding hydrogens is 247 g/mol. The molecule has 0 radical (unpaired) electrons. The molecule has 2 N–H and O–H groups in total. The quantitative estimate of drug-likeness (QED) is 0.821. The number of halogens is 1. The van der Waals surface area contributed by atoms with Crippen LogP contribution in [0.3, 0.4) is 0 Å². The molecule has 2 rings (SSSR count). The van der Waals surface area contributed by atoms with E-state index in [1.54, 1.807) is 6.07 Å². The fraction of sp³-hybridized carbons (Fsp3) is 0.500. The molecule has 0 bridgehead atoms. The first-order valence-electron chi connectivity index (χ1n) is 6.36. The van der Waals surface area contributed by atoms with Gasteiger partial charge in [-0.25, -0.2) is 9.18 Å². The van der Waals surface area contributed by atoms with Crippen LogP contribution in [0.1, 0.15) is 38.8 Å². The summed E-state index contributed by atoms with van der Waals surface area (Å²) in [6.45, 7) is 6.23. The second-order valence-corrected chi connectivity index (χ2v) is 5.72. The first-order chi connectivity index (χ1) is 8.85. The van der Waals surface area contributed by atoms with Crippen molar-refractivity contribution in [3.05, 3.63) is 29.6 Å². The van der Waals surface area contributed by atoms with E-state index in [2.05, 4.69) is 10.6 Å². The lowest BCUT2D eigenvalue weighted by atomic mass is 10.0. The molecule has 1 aliphatic heterocycles. The number of carbonyl (C=O) groups is 1. The van der Waals surface area contributed by atoms with Gasteiger partial charge >= 0.3 is 6.03 Å². The molecule has 1 aliphatic rings. The predicted molar refractivity (Wildman–Crippen MR) is 70.7 cm³/mol. The summed E-state index contributed by atoms with van der Waals surface area (Å²) in [5.74, 6) is 0.306. The first kappa shape index (κ1) is 13.6. The average molecular weight is 266 g/mol. The van der Waals surface area contributed by atoms with Gasteiger partial charge in [0.15, 0.2) is 0 Å². The summed E-state index contributed by atoms with van der Waals surface area (Å²) in [7, 11) is 0. The van der Waals surface area contributed by atoms with Gasteiger partial charge in [0, 0.05) is 17.5 Å². The van der Waals surface area contributed by atoms with E-state index in [0.29, 0.717) is 24.3 Å². The number of hydrogen-bond acceptors (Lipinski definition) is 2. The molecule has 1 heterocycles. The van der Waals surface area contributed by atoms with Crippen LogP contribution in [0.4, 0.5) is 9.18 Å². The molecule has 1 atom stereocenters. The van der Waals surface area contributed by atoms with Crippen LogP contribution >= 0.6 is 0 Å². The molecule has 0 fully saturated rings. The second kappa shape index (κ2) is 5.07. The van der Waals surface area contributed by atoms with Gasteiger partial charge in [-0.2, -0.15) is 0 Å². The van der Waals surface area contributed by atoms with Crippen molar-refractivity contribution in [2.24, 2.45) is 0 Å². The van der Waals surface area contributed by atoms with Gasteiger partial charge in [-0.15, -0.1) is 0 Å². The zero-order chi connectivity index (χ0) is 14.0. The molecule has 19 heavy (non-hydrogen) atoms. The highest BCUT2D eigenvalue weighted by Gasteiger charge is 2.24. The number of urea groups is 1. The number of benzene rings is 1. The van der Waals surface area contributed by atoms with Gasteiger partial charge in [-0.1, -0.05) is 0 Å². The van der Waals surface area contributed by atoms with Crippen molar-refractivity contribution in [2.45, 2.75) is 38.8 Å². The first-order valence-corrected chi connectivity index (χ1v) is 6.36. The summed E-state index contributed by atoms with van der Waals surface area (Å²) in [6, 6.07) is 3.89. The van der Waals surface area contributed by atoms with Crippen LogP contribution in [0.15, 0.2) is 18.2 Å². The lowest BCUT2D eigenvalue weighted by Gasteiger charge is -2.28. The van der Waals surface area contributed by atoms with Crippen molar-refractivity contribution in [3.63, 3.8) is 0 Å². The fourth-order valence-electron chi connectivity index (χ4n) is 2.05. The highest BCUT2D eigenvalue weighted by Crippen LogP contribution is 2.32. The molecule has 0 aliphatic carbocycles. The van der Waals surface area contributed by atoms with E-state index in [1.807, 2.05) is 20.8 Å². The van der Waals surface area contributed by atoms with Crippen molar-refractivity contribution in [3.8, 4) is 5.75 Å². The Morgan fingerprint density at radius 1 is 1.42 bits per heavy atom. The molecule has 5 heteroatoms. The third-order valence-electron chi connectivity index (χ3n) is 2.81. The van der Waals surface area contributed by atoms with Gasteiger partial charge in [0.05, 0.1) is 12.6 Å². The lowest BCUT2D eigenvalue weighted by Crippen LogP contribution is -2.48. The topological polar surface area (TPSA) is 50.4 Å². The zero-order valence-electron chi connectivity index (χ0n) is 11.4. The maximum absolute atomic E-state index is 13.3. The van der Waals surface area contributed by atoms with E-state index in [9.17, 15) is 9.18 Å². The summed E-state index contributed by atoms with van der Waals surface area (Å²) in [6.07, 6.45) is 0.633. The Morgan fingerprint density at radius 3 is 2.84 bits per heavy atom. The van der Waals surface area contributed by atoms with Crippen molar-refractivity contribution in [1.82, 2.24) is 10.6 Å². The Hall–Kier alpha value is -1.78. The Morgan fingerprint density at radius 2 is 2.16 bits per heavy atom. The molecule has 4 nitrogen and oxygen atoms in total. The molecule has 1 unspecified atom stereocenters. The van der Waals surface area contributed by atoms with Crippen LogP contribution in [0, 0.1) is 5.82 Å². The summed E-state index contributed by atoms with van der Waals surface area (Å²) in [4.78, 5) is 11.9. The lowest BCUT2D eigenvalue weighted by molar-refractivity contribution is 0.216. The molecule has 0 aromatic heterocycles. The number of ether oxygens (including phenoxy) is 1. The fourth-order valence-corrected chi connectivity index (χ4v) is 2.05. The number of fused-ring (bicyclic) bond motifs is 1. The van der Waals surface area contributed by atoms with E-state index >= 15 is 0 Å². The van der Waals surface area contributed by atoms with Crippen LogP contribution in [-0.2, 0) is 0 Å². The molecule has 0 saturated carbocycles. The SMILES string of the molecule is CC(C)(C)NC(=O)NC1CCOc2ccc(F)cc21. The Kier molecular flexibility index (Phi) is 3.64. The number of nitrogens with one attached hydrogen (secondary N) is 2. The van der Waals surface area contributed by atoms with E-state index in [4.69, 9.17) is 4.74 Å². The smallest absolute Gasteiger partial charge is 0.315 e. The Balaban J connectivity index is 2.11. The summed E-state index contributed by atoms with van der Waals surface area (Å²) < 4.78 is 18.7. The third-order valence-corrected chi connectivity index (χ3v) is 2.81. The van der Waals surface area contributed by atoms with Crippen molar-refractivity contribution in [1.29, 1.82) is 0 Å². The van der Waals surface area contributed by atoms with Crippen LogP contribution in [0.5, 0.6) is 5.75 Å². The molecule has 2 amide bonds. The van der Waals surface area contributed by atoms with Gasteiger partial charge in [-0.05, 0) is 39.0 Å². The van der Waals surface area contributed by atoms with E-state index in [-0.39, 0.29) is 23.4 Å². The van der Waals surface area contributed by atoms with Crippen LogP contribution < -0.4 is 15.4 Å². The minimum atomic E-state index is -0.327. The van der Waals surface area contributed by atoms with Gasteiger partial charge in [0.2, 0.25) is 0 Å². The van der Waals surface area contributed by atoms with Gasteiger partial charge in [-0.3, -0.25) is 0 Å². The average Bonchev–Trinajstić information content (AvgIpc) is 2.27. The van der Waals surface area contributed by atoms with Crippen LogP contribution in [-0.4, -0.2) is 18.2 Å². The summed E-state index contributed by atoms with van der Waals surface area (Å²) in [5.41, 5.74) is 0.385. The van der Waals surface area contributed by atoms with E-state index < -0.39 is 0 Å². The summed E-state index contributed by atoms with van der Waals surface area (Å²) >= 11 is 0. The van der Waals surface area contributed by atoms with Gasteiger partial charge in [0.1, 0.15) is 11.6 Å². The second-order valence-electron chi connectivity index (χ2n) is 5.72. The third kappa shape index (κ3) is 3.59. The number of amides is 2. The highest BCUT2D eigenvalue weighted by atomic mass is 19.1.